The van der Waals surface area contributed by atoms with Crippen LogP contribution in [0.5, 0.6) is 0 Å². The molecular weight excluding hydrogens is 280 g/mol. The quantitative estimate of drug-likeness (QED) is 0.927. The van der Waals surface area contributed by atoms with Gasteiger partial charge >= 0.3 is 0 Å². The summed E-state index contributed by atoms with van der Waals surface area (Å²) >= 11 is 7.55. The molecule has 5 heteroatoms. The van der Waals surface area contributed by atoms with E-state index in [1.165, 1.54) is 24.2 Å². The highest BCUT2D eigenvalue weighted by Gasteiger charge is 2.35. The maximum absolute atomic E-state index is 12.6. The number of hydrogen-bond acceptors (Lipinski definition) is 3. The molecule has 2 aliphatic rings. The van der Waals surface area contributed by atoms with Crippen LogP contribution in [0.15, 0.2) is 11.4 Å². The SMILES string of the molecule is O=C(c1sccc1Cl)N(CC1CCCNC1)C1CC1. The van der Waals surface area contributed by atoms with Crippen LogP contribution in [-0.2, 0) is 0 Å². The molecule has 1 aliphatic carbocycles. The summed E-state index contributed by atoms with van der Waals surface area (Å²) in [5, 5.41) is 5.91. The maximum atomic E-state index is 12.6. The van der Waals surface area contributed by atoms with Gasteiger partial charge in [0.2, 0.25) is 0 Å². The standard InChI is InChI=1S/C14H19ClN2OS/c15-12-5-7-19-13(12)14(18)17(11-3-4-11)9-10-2-1-6-16-8-10/h5,7,10-11,16H,1-4,6,8-9H2. The largest absolute Gasteiger partial charge is 0.335 e. The first kappa shape index (κ1) is 13.4. The molecule has 1 saturated heterocycles. The molecule has 0 spiro atoms. The van der Waals surface area contributed by atoms with Crippen molar-refractivity contribution in [3.63, 3.8) is 0 Å². The number of carbonyl (C=O) groups excluding carboxylic acids is 1. The number of nitrogens with one attached hydrogen (secondary N) is 1. The fourth-order valence-electron chi connectivity index (χ4n) is 2.72. The van der Waals surface area contributed by atoms with Gasteiger partial charge in [-0.1, -0.05) is 11.6 Å². The molecule has 0 radical (unpaired) electrons. The number of rotatable bonds is 4. The molecule has 0 bridgehead atoms. The molecule has 1 atom stereocenters. The fourth-order valence-corrected chi connectivity index (χ4v) is 3.81. The number of nitrogens with zero attached hydrogens (tertiary/aromatic N) is 1. The van der Waals surface area contributed by atoms with E-state index >= 15 is 0 Å². The summed E-state index contributed by atoms with van der Waals surface area (Å²) in [6.07, 6.45) is 4.74. The van der Waals surface area contributed by atoms with Gasteiger partial charge in [-0.3, -0.25) is 4.79 Å². The summed E-state index contributed by atoms with van der Waals surface area (Å²) in [6.45, 7) is 3.03. The average Bonchev–Trinajstić information content (AvgIpc) is 3.18. The number of piperidine rings is 1. The van der Waals surface area contributed by atoms with Crippen molar-refractivity contribution in [2.45, 2.75) is 31.7 Å². The van der Waals surface area contributed by atoms with Crippen molar-refractivity contribution >= 4 is 28.8 Å². The zero-order chi connectivity index (χ0) is 13.2. The molecule has 104 valence electrons. The molecule has 1 unspecified atom stereocenters. The number of carbonyl (C=O) groups is 1. The Morgan fingerprint density at radius 1 is 1.47 bits per heavy atom. The third-order valence-electron chi connectivity index (χ3n) is 3.91. The first-order chi connectivity index (χ1) is 9.25. The summed E-state index contributed by atoms with van der Waals surface area (Å²) in [5.74, 6) is 0.727. The Bertz CT molecular complexity index is 452. The van der Waals surface area contributed by atoms with Crippen molar-refractivity contribution in [1.29, 1.82) is 0 Å². The van der Waals surface area contributed by atoms with Gasteiger partial charge in [-0.25, -0.2) is 0 Å². The Balaban J connectivity index is 1.70. The van der Waals surface area contributed by atoms with Crippen molar-refractivity contribution in [2.24, 2.45) is 5.92 Å². The highest BCUT2D eigenvalue weighted by atomic mass is 35.5. The summed E-state index contributed by atoms with van der Waals surface area (Å²) in [5.41, 5.74) is 0. The lowest BCUT2D eigenvalue weighted by Crippen LogP contribution is -2.42. The van der Waals surface area contributed by atoms with Gasteiger partial charge in [0.05, 0.1) is 5.02 Å². The Hall–Kier alpha value is -0.580. The van der Waals surface area contributed by atoms with Crippen molar-refractivity contribution in [3.8, 4) is 0 Å². The van der Waals surface area contributed by atoms with E-state index in [9.17, 15) is 4.79 Å². The molecule has 1 aromatic heterocycles. The molecule has 3 rings (SSSR count). The molecule has 1 saturated carbocycles. The zero-order valence-corrected chi connectivity index (χ0v) is 12.5. The summed E-state index contributed by atoms with van der Waals surface area (Å²) in [7, 11) is 0. The van der Waals surface area contributed by atoms with Crippen LogP contribution in [0.1, 0.15) is 35.4 Å². The van der Waals surface area contributed by atoms with Gasteiger partial charge in [0.1, 0.15) is 4.88 Å². The predicted molar refractivity (Wildman–Crippen MR) is 79.0 cm³/mol. The number of halogens is 1. The Kier molecular flexibility index (Phi) is 4.10. The van der Waals surface area contributed by atoms with Crippen molar-refractivity contribution in [2.75, 3.05) is 19.6 Å². The summed E-state index contributed by atoms with van der Waals surface area (Å²) in [4.78, 5) is 15.4. The molecule has 2 heterocycles. The first-order valence-corrected chi connectivity index (χ1v) is 8.26. The van der Waals surface area contributed by atoms with Crippen molar-refractivity contribution < 1.29 is 4.79 Å². The maximum Gasteiger partial charge on any atom is 0.265 e. The van der Waals surface area contributed by atoms with Crippen LogP contribution >= 0.6 is 22.9 Å². The van der Waals surface area contributed by atoms with E-state index in [-0.39, 0.29) is 5.91 Å². The van der Waals surface area contributed by atoms with E-state index < -0.39 is 0 Å². The second kappa shape index (κ2) is 5.81. The van der Waals surface area contributed by atoms with Crippen LogP contribution in [0.25, 0.3) is 0 Å². The topological polar surface area (TPSA) is 32.3 Å². The molecule has 3 nitrogen and oxygen atoms in total. The third-order valence-corrected chi connectivity index (χ3v) is 5.24. The van der Waals surface area contributed by atoms with Crippen LogP contribution in [0.2, 0.25) is 5.02 Å². The molecule has 1 amide bonds. The minimum absolute atomic E-state index is 0.132. The number of hydrogen-bond donors (Lipinski definition) is 1. The predicted octanol–water partition coefficient (Wildman–Crippen LogP) is 3.01. The minimum atomic E-state index is 0.132. The second-order valence-corrected chi connectivity index (χ2v) is 6.82. The number of amides is 1. The lowest BCUT2D eigenvalue weighted by molar-refractivity contribution is 0.0709. The van der Waals surface area contributed by atoms with Crippen LogP contribution in [0.4, 0.5) is 0 Å². The third kappa shape index (κ3) is 3.12. The Morgan fingerprint density at radius 3 is 2.89 bits per heavy atom. The molecule has 2 fully saturated rings. The number of thiophene rings is 1. The van der Waals surface area contributed by atoms with Gasteiger partial charge in [-0.05, 0) is 56.1 Å². The van der Waals surface area contributed by atoms with E-state index in [4.69, 9.17) is 11.6 Å². The lowest BCUT2D eigenvalue weighted by Gasteiger charge is -2.30. The minimum Gasteiger partial charge on any atom is -0.335 e. The smallest absolute Gasteiger partial charge is 0.265 e. The average molecular weight is 299 g/mol. The highest BCUT2D eigenvalue weighted by Crippen LogP contribution is 2.32. The van der Waals surface area contributed by atoms with Gasteiger partial charge in [0.15, 0.2) is 0 Å². The van der Waals surface area contributed by atoms with Gasteiger partial charge < -0.3 is 10.2 Å². The molecule has 0 aromatic carbocycles. The van der Waals surface area contributed by atoms with Crippen molar-refractivity contribution in [3.05, 3.63) is 21.3 Å². The van der Waals surface area contributed by atoms with E-state index in [2.05, 4.69) is 10.2 Å². The van der Waals surface area contributed by atoms with Crippen molar-refractivity contribution in [1.82, 2.24) is 10.2 Å². The monoisotopic (exact) mass is 298 g/mol. The second-order valence-electron chi connectivity index (χ2n) is 5.50. The van der Waals surface area contributed by atoms with Crippen LogP contribution < -0.4 is 5.32 Å². The molecule has 1 N–H and O–H groups in total. The molecule has 1 aliphatic heterocycles. The Labute approximate surface area is 122 Å². The van der Waals surface area contributed by atoms with Gasteiger partial charge in [0, 0.05) is 12.6 Å². The zero-order valence-electron chi connectivity index (χ0n) is 10.9. The van der Waals surface area contributed by atoms with Gasteiger partial charge in [-0.15, -0.1) is 11.3 Å². The summed E-state index contributed by atoms with van der Waals surface area (Å²) < 4.78 is 0. The Morgan fingerprint density at radius 2 is 2.32 bits per heavy atom. The van der Waals surface area contributed by atoms with E-state index in [0.717, 1.165) is 32.5 Å². The van der Waals surface area contributed by atoms with Crippen LogP contribution in [-0.4, -0.2) is 36.5 Å². The molecule has 19 heavy (non-hydrogen) atoms. The van der Waals surface area contributed by atoms with E-state index in [0.29, 0.717) is 21.9 Å². The normalized spacial score (nSPS) is 23.3. The molecule has 1 aromatic rings. The van der Waals surface area contributed by atoms with E-state index in [1.807, 2.05) is 11.4 Å². The lowest BCUT2D eigenvalue weighted by atomic mass is 9.99. The fraction of sp³-hybridized carbons (Fsp3) is 0.643. The van der Waals surface area contributed by atoms with Crippen LogP contribution in [0.3, 0.4) is 0 Å². The van der Waals surface area contributed by atoms with Gasteiger partial charge in [0.25, 0.3) is 5.91 Å². The van der Waals surface area contributed by atoms with E-state index in [1.54, 1.807) is 0 Å². The van der Waals surface area contributed by atoms with Gasteiger partial charge in [-0.2, -0.15) is 0 Å². The van der Waals surface area contributed by atoms with Crippen LogP contribution in [0, 0.1) is 5.92 Å². The highest BCUT2D eigenvalue weighted by molar-refractivity contribution is 7.12. The molecular formula is C14H19ClN2OS. The summed E-state index contributed by atoms with van der Waals surface area (Å²) in [6, 6.07) is 2.26. The first-order valence-electron chi connectivity index (χ1n) is 7.00.